The van der Waals surface area contributed by atoms with E-state index in [9.17, 15) is 13.2 Å². The third kappa shape index (κ3) is 3.68. The van der Waals surface area contributed by atoms with Crippen LogP contribution in [0.2, 0.25) is 0 Å². The Kier molecular flexibility index (Phi) is 3.20. The van der Waals surface area contributed by atoms with E-state index in [4.69, 9.17) is 11.6 Å². The van der Waals surface area contributed by atoms with E-state index < -0.39 is 18.0 Å². The number of rotatable bonds is 2. The number of alkyl halides is 4. The third-order valence-electron chi connectivity index (χ3n) is 1.57. The Balaban J connectivity index is 2.64. The molecule has 1 unspecified atom stereocenters. The van der Waals surface area contributed by atoms with E-state index in [-0.39, 0.29) is 0 Å². The van der Waals surface area contributed by atoms with Crippen LogP contribution in [0.1, 0.15) is 17.4 Å². The molecule has 1 rings (SSSR count). The fourth-order valence-corrected chi connectivity index (χ4v) is 1.30. The van der Waals surface area contributed by atoms with E-state index in [2.05, 4.69) is 0 Å². The van der Waals surface area contributed by atoms with Crippen LogP contribution in [-0.4, -0.2) is 6.18 Å². The van der Waals surface area contributed by atoms with Crippen LogP contribution in [0.5, 0.6) is 0 Å². The Morgan fingerprint density at radius 3 is 2.15 bits per heavy atom. The molecule has 0 bridgehead atoms. The zero-order chi connectivity index (χ0) is 9.90. The lowest BCUT2D eigenvalue weighted by Crippen LogP contribution is -2.10. The van der Waals surface area contributed by atoms with Crippen molar-refractivity contribution in [2.45, 2.75) is 18.0 Å². The van der Waals surface area contributed by atoms with Gasteiger partial charge in [0, 0.05) is 0 Å². The Morgan fingerprint density at radius 2 is 1.69 bits per heavy atom. The van der Waals surface area contributed by atoms with Crippen molar-refractivity contribution in [1.82, 2.24) is 0 Å². The first-order valence-electron chi connectivity index (χ1n) is 3.75. The number of halogens is 4. The van der Waals surface area contributed by atoms with Crippen molar-refractivity contribution in [3.63, 3.8) is 0 Å². The first-order chi connectivity index (χ1) is 5.99. The smallest absolute Gasteiger partial charge is 0.171 e. The van der Waals surface area contributed by atoms with Crippen molar-refractivity contribution < 1.29 is 13.2 Å². The van der Waals surface area contributed by atoms with Crippen LogP contribution in [0, 0.1) is 0 Å². The predicted octanol–water partition coefficient (Wildman–Crippen LogP) is 3.92. The molecule has 0 aliphatic carbocycles. The maximum Gasteiger partial charge on any atom is 0.390 e. The summed E-state index contributed by atoms with van der Waals surface area (Å²) in [6, 6.07) is 8.25. The topological polar surface area (TPSA) is 0 Å². The molecule has 1 aromatic rings. The maximum atomic E-state index is 11.9. The molecule has 1 aromatic carbocycles. The molecule has 0 radical (unpaired) electrons. The van der Waals surface area contributed by atoms with Crippen molar-refractivity contribution in [3.05, 3.63) is 35.9 Å². The van der Waals surface area contributed by atoms with Crippen LogP contribution in [0.25, 0.3) is 0 Å². The van der Waals surface area contributed by atoms with Gasteiger partial charge >= 0.3 is 6.18 Å². The summed E-state index contributed by atoms with van der Waals surface area (Å²) in [6.45, 7) is 0. The zero-order valence-corrected chi connectivity index (χ0v) is 7.44. The van der Waals surface area contributed by atoms with Crippen LogP contribution >= 0.6 is 11.6 Å². The van der Waals surface area contributed by atoms with Gasteiger partial charge in [0.25, 0.3) is 0 Å². The molecule has 0 spiro atoms. The summed E-state index contributed by atoms with van der Waals surface area (Å²) >= 11 is 5.57. The Morgan fingerprint density at radius 1 is 1.15 bits per heavy atom. The van der Waals surface area contributed by atoms with Gasteiger partial charge in [-0.25, -0.2) is 0 Å². The number of benzene rings is 1. The predicted molar refractivity (Wildman–Crippen MR) is 45.7 cm³/mol. The van der Waals surface area contributed by atoms with E-state index in [0.717, 1.165) is 0 Å². The van der Waals surface area contributed by atoms with Gasteiger partial charge in [-0.3, -0.25) is 0 Å². The van der Waals surface area contributed by atoms with Gasteiger partial charge in [-0.15, -0.1) is 11.6 Å². The molecule has 0 nitrogen and oxygen atoms in total. The SMILES string of the molecule is FC(F)(F)CC(Cl)c1ccccc1. The summed E-state index contributed by atoms with van der Waals surface area (Å²) in [5, 5.41) is -0.985. The van der Waals surface area contributed by atoms with E-state index >= 15 is 0 Å². The molecule has 0 heterocycles. The van der Waals surface area contributed by atoms with E-state index in [0.29, 0.717) is 5.56 Å². The molecule has 13 heavy (non-hydrogen) atoms. The fourth-order valence-electron chi connectivity index (χ4n) is 0.983. The average molecular weight is 209 g/mol. The highest BCUT2D eigenvalue weighted by Crippen LogP contribution is 2.33. The van der Waals surface area contributed by atoms with Gasteiger partial charge in [-0.05, 0) is 5.56 Å². The van der Waals surface area contributed by atoms with Gasteiger partial charge < -0.3 is 0 Å². The van der Waals surface area contributed by atoms with E-state index in [1.807, 2.05) is 0 Å². The summed E-state index contributed by atoms with van der Waals surface area (Å²) in [6.07, 6.45) is -5.19. The monoisotopic (exact) mass is 208 g/mol. The van der Waals surface area contributed by atoms with Gasteiger partial charge in [0.15, 0.2) is 0 Å². The summed E-state index contributed by atoms with van der Waals surface area (Å²) in [4.78, 5) is 0. The molecule has 0 amide bonds. The molecule has 0 fully saturated rings. The molecule has 4 heteroatoms. The molecule has 0 aliphatic rings. The van der Waals surface area contributed by atoms with Crippen LogP contribution in [0.15, 0.2) is 30.3 Å². The van der Waals surface area contributed by atoms with E-state index in [1.54, 1.807) is 30.3 Å². The van der Waals surface area contributed by atoms with Crippen molar-refractivity contribution in [3.8, 4) is 0 Å². The van der Waals surface area contributed by atoms with Crippen molar-refractivity contribution in [2.24, 2.45) is 0 Å². The molecule has 72 valence electrons. The van der Waals surface area contributed by atoms with Crippen LogP contribution < -0.4 is 0 Å². The lowest BCUT2D eigenvalue weighted by Gasteiger charge is -2.11. The number of hydrogen-bond donors (Lipinski definition) is 0. The van der Waals surface area contributed by atoms with Gasteiger partial charge in [0.05, 0.1) is 11.8 Å². The second kappa shape index (κ2) is 4.01. The first-order valence-corrected chi connectivity index (χ1v) is 4.18. The third-order valence-corrected chi connectivity index (χ3v) is 1.98. The Bertz CT molecular complexity index is 255. The average Bonchev–Trinajstić information content (AvgIpc) is 2.03. The molecule has 0 aromatic heterocycles. The minimum atomic E-state index is -4.21. The highest BCUT2D eigenvalue weighted by atomic mass is 35.5. The lowest BCUT2D eigenvalue weighted by molar-refractivity contribution is -0.134. The minimum Gasteiger partial charge on any atom is -0.171 e. The molecular formula is C9H8ClF3. The molecule has 0 N–H and O–H groups in total. The lowest BCUT2D eigenvalue weighted by atomic mass is 10.1. The van der Waals surface area contributed by atoms with Gasteiger partial charge in [0.1, 0.15) is 0 Å². The summed E-state index contributed by atoms with van der Waals surface area (Å²) in [7, 11) is 0. The van der Waals surface area contributed by atoms with Gasteiger partial charge in [-0.2, -0.15) is 13.2 Å². The summed E-state index contributed by atoms with van der Waals surface area (Å²) in [5.41, 5.74) is 0.501. The molecule has 0 saturated carbocycles. The van der Waals surface area contributed by atoms with Crippen molar-refractivity contribution >= 4 is 11.6 Å². The summed E-state index contributed by atoms with van der Waals surface area (Å²) in [5.74, 6) is 0. The van der Waals surface area contributed by atoms with Crippen LogP contribution in [0.4, 0.5) is 13.2 Å². The van der Waals surface area contributed by atoms with Crippen molar-refractivity contribution in [1.29, 1.82) is 0 Å². The van der Waals surface area contributed by atoms with Crippen LogP contribution in [-0.2, 0) is 0 Å². The maximum absolute atomic E-state index is 11.9. The molecule has 1 atom stereocenters. The molecule has 0 saturated heterocycles. The molecular weight excluding hydrogens is 201 g/mol. The normalized spacial score (nSPS) is 14.2. The molecule has 0 aliphatic heterocycles. The van der Waals surface area contributed by atoms with Gasteiger partial charge in [-0.1, -0.05) is 30.3 Å². The highest BCUT2D eigenvalue weighted by molar-refractivity contribution is 6.20. The largest absolute Gasteiger partial charge is 0.390 e. The van der Waals surface area contributed by atoms with Crippen molar-refractivity contribution in [2.75, 3.05) is 0 Å². The Hall–Kier alpha value is -0.700. The first kappa shape index (κ1) is 10.4. The highest BCUT2D eigenvalue weighted by Gasteiger charge is 2.31. The second-order valence-electron chi connectivity index (χ2n) is 2.70. The second-order valence-corrected chi connectivity index (χ2v) is 3.22. The van der Waals surface area contributed by atoms with E-state index in [1.165, 1.54) is 0 Å². The van der Waals surface area contributed by atoms with Gasteiger partial charge in [0.2, 0.25) is 0 Å². The zero-order valence-electron chi connectivity index (χ0n) is 6.68. The fraction of sp³-hybridized carbons (Fsp3) is 0.333. The summed E-state index contributed by atoms with van der Waals surface area (Å²) < 4.78 is 35.7. The standard InChI is InChI=1S/C9H8ClF3/c10-8(6-9(11,12)13)7-4-2-1-3-5-7/h1-5,8H,6H2. The number of hydrogen-bond acceptors (Lipinski definition) is 0. The van der Waals surface area contributed by atoms with Crippen LogP contribution in [0.3, 0.4) is 0 Å². The minimum absolute atomic E-state index is 0.501. The Labute approximate surface area is 79.3 Å². The quantitative estimate of drug-likeness (QED) is 0.647.